The largest absolute Gasteiger partial charge is 0.490 e. The molecule has 2 aromatic carbocycles. The molecule has 3 aromatic rings. The second-order valence-corrected chi connectivity index (χ2v) is 7.48. The van der Waals surface area contributed by atoms with Gasteiger partial charge in [0, 0.05) is 26.3 Å². The van der Waals surface area contributed by atoms with Crippen molar-refractivity contribution in [1.29, 1.82) is 0 Å². The van der Waals surface area contributed by atoms with Crippen LogP contribution in [-0.2, 0) is 20.1 Å². The molecule has 4 heteroatoms. The zero-order chi connectivity index (χ0) is 21.0. The zero-order valence-corrected chi connectivity index (χ0v) is 20.9. The van der Waals surface area contributed by atoms with Gasteiger partial charge in [0.25, 0.3) is 0 Å². The van der Waals surface area contributed by atoms with Crippen LogP contribution in [0, 0.1) is 6.07 Å². The SMILES string of the molecule is CCCCCOc1ccc(-c2cc[c-]c(-c3ccccn3)c2)cc1OCCCCC.[Ir]. The maximum absolute atomic E-state index is 6.13. The van der Waals surface area contributed by atoms with Gasteiger partial charge in [-0.05, 0) is 42.3 Å². The second kappa shape index (κ2) is 14.0. The fourth-order valence-electron chi connectivity index (χ4n) is 3.30. The van der Waals surface area contributed by atoms with E-state index in [-0.39, 0.29) is 20.1 Å². The number of hydrogen-bond acceptors (Lipinski definition) is 3. The first-order chi connectivity index (χ1) is 14.8. The molecule has 0 N–H and O–H groups in total. The number of pyridine rings is 1. The van der Waals surface area contributed by atoms with Gasteiger partial charge in [-0.15, -0.1) is 35.4 Å². The molecule has 31 heavy (non-hydrogen) atoms. The van der Waals surface area contributed by atoms with Crippen LogP contribution in [0.15, 0.2) is 60.8 Å². The van der Waals surface area contributed by atoms with Crippen LogP contribution in [0.2, 0.25) is 0 Å². The number of benzene rings is 2. The van der Waals surface area contributed by atoms with Crippen LogP contribution in [0.3, 0.4) is 0 Å². The van der Waals surface area contributed by atoms with E-state index in [0.717, 1.165) is 53.3 Å². The average molecular weight is 595 g/mol. The third-order valence-electron chi connectivity index (χ3n) is 5.03. The predicted octanol–water partition coefficient (Wildman–Crippen LogP) is 7.35. The molecule has 3 nitrogen and oxygen atoms in total. The smallest absolute Gasteiger partial charge is 0.161 e. The topological polar surface area (TPSA) is 31.4 Å². The molecule has 1 radical (unpaired) electrons. The first-order valence-corrected chi connectivity index (χ1v) is 11.1. The van der Waals surface area contributed by atoms with Crippen molar-refractivity contribution < 1.29 is 29.6 Å². The van der Waals surface area contributed by atoms with Crippen molar-refractivity contribution >= 4 is 0 Å². The number of unbranched alkanes of at least 4 members (excludes halogenated alkanes) is 4. The van der Waals surface area contributed by atoms with Crippen molar-refractivity contribution in [3.63, 3.8) is 0 Å². The predicted molar refractivity (Wildman–Crippen MR) is 124 cm³/mol. The fourth-order valence-corrected chi connectivity index (χ4v) is 3.30. The first-order valence-electron chi connectivity index (χ1n) is 11.1. The molecule has 0 aliphatic heterocycles. The Balaban J connectivity index is 0.00000341. The molecule has 0 saturated carbocycles. The van der Waals surface area contributed by atoms with Gasteiger partial charge in [-0.2, -0.15) is 0 Å². The van der Waals surface area contributed by atoms with Gasteiger partial charge in [-0.3, -0.25) is 0 Å². The minimum Gasteiger partial charge on any atom is -0.490 e. The Bertz CT molecular complexity index is 899. The van der Waals surface area contributed by atoms with Crippen LogP contribution < -0.4 is 9.47 Å². The third kappa shape index (κ3) is 7.79. The summed E-state index contributed by atoms with van der Waals surface area (Å²) >= 11 is 0. The molecule has 0 fully saturated rings. The zero-order valence-electron chi connectivity index (χ0n) is 18.5. The van der Waals surface area contributed by atoms with E-state index in [9.17, 15) is 0 Å². The number of nitrogens with zero attached hydrogens (tertiary/aromatic N) is 1. The number of ether oxygens (including phenoxy) is 2. The van der Waals surface area contributed by atoms with E-state index >= 15 is 0 Å². The van der Waals surface area contributed by atoms with Gasteiger partial charge in [0.15, 0.2) is 11.5 Å². The maximum atomic E-state index is 6.13. The molecular formula is C27H32IrNO2-. The average Bonchev–Trinajstić information content (AvgIpc) is 2.81. The maximum Gasteiger partial charge on any atom is 0.161 e. The summed E-state index contributed by atoms with van der Waals surface area (Å²) in [7, 11) is 0. The van der Waals surface area contributed by atoms with E-state index in [0.29, 0.717) is 6.61 Å². The van der Waals surface area contributed by atoms with Gasteiger partial charge in [-0.1, -0.05) is 57.7 Å². The van der Waals surface area contributed by atoms with Crippen molar-refractivity contribution in [2.45, 2.75) is 52.4 Å². The van der Waals surface area contributed by atoms with Crippen LogP contribution in [-0.4, -0.2) is 18.2 Å². The molecule has 167 valence electrons. The van der Waals surface area contributed by atoms with E-state index in [4.69, 9.17) is 9.47 Å². The first kappa shape index (κ1) is 25.1. The Morgan fingerprint density at radius 1 is 0.774 bits per heavy atom. The fraction of sp³-hybridized carbons (Fsp3) is 0.370. The van der Waals surface area contributed by atoms with Gasteiger partial charge in [-0.25, -0.2) is 0 Å². The second-order valence-electron chi connectivity index (χ2n) is 7.48. The summed E-state index contributed by atoms with van der Waals surface area (Å²) in [5.74, 6) is 1.66. The van der Waals surface area contributed by atoms with Crippen LogP contribution in [0.5, 0.6) is 11.5 Å². The van der Waals surface area contributed by atoms with E-state index in [2.05, 4.69) is 49.2 Å². The molecule has 3 rings (SSSR count). The minimum absolute atomic E-state index is 0. The third-order valence-corrected chi connectivity index (χ3v) is 5.03. The minimum atomic E-state index is 0. The van der Waals surface area contributed by atoms with E-state index in [1.165, 1.54) is 25.7 Å². The van der Waals surface area contributed by atoms with Gasteiger partial charge >= 0.3 is 0 Å². The van der Waals surface area contributed by atoms with Crippen LogP contribution in [0.1, 0.15) is 52.4 Å². The Morgan fingerprint density at radius 3 is 2.16 bits per heavy atom. The van der Waals surface area contributed by atoms with E-state index in [1.54, 1.807) is 0 Å². The van der Waals surface area contributed by atoms with Crippen LogP contribution >= 0.6 is 0 Å². The van der Waals surface area contributed by atoms with Gasteiger partial charge in [0.1, 0.15) is 0 Å². The molecule has 0 saturated heterocycles. The molecule has 1 heterocycles. The number of rotatable bonds is 12. The molecule has 0 unspecified atom stereocenters. The van der Waals surface area contributed by atoms with Gasteiger partial charge in [0.2, 0.25) is 0 Å². The summed E-state index contributed by atoms with van der Waals surface area (Å²) in [6, 6.07) is 21.6. The summed E-state index contributed by atoms with van der Waals surface area (Å²) in [4.78, 5) is 4.45. The van der Waals surface area contributed by atoms with Crippen molar-refractivity contribution in [1.82, 2.24) is 4.98 Å². The Labute approximate surface area is 200 Å². The van der Waals surface area contributed by atoms with Gasteiger partial charge in [0.05, 0.1) is 13.2 Å². The quantitative estimate of drug-likeness (QED) is 0.162. The summed E-state index contributed by atoms with van der Waals surface area (Å²) in [6.07, 6.45) is 8.65. The monoisotopic (exact) mass is 595 g/mol. The summed E-state index contributed by atoms with van der Waals surface area (Å²) in [6.45, 7) is 5.84. The molecule has 0 bridgehead atoms. The van der Waals surface area contributed by atoms with Crippen molar-refractivity contribution in [3.05, 3.63) is 66.9 Å². The van der Waals surface area contributed by atoms with E-state index in [1.807, 2.05) is 36.5 Å². The number of aromatic nitrogens is 1. The molecule has 0 aliphatic carbocycles. The standard InChI is InChI=1S/C27H32NO2.Ir/c1-3-5-9-18-29-26-16-15-23(21-27(26)30-19-10-6-4-2)22-12-11-13-24(20-22)25-14-7-8-17-28-25;/h7-8,11-12,14-17,20-21H,3-6,9-10,18-19H2,1-2H3;/q-1;. The van der Waals surface area contributed by atoms with Gasteiger partial charge < -0.3 is 14.5 Å². The Kier molecular flexibility index (Phi) is 11.3. The van der Waals surface area contributed by atoms with Crippen LogP contribution in [0.4, 0.5) is 0 Å². The van der Waals surface area contributed by atoms with E-state index < -0.39 is 0 Å². The Morgan fingerprint density at radius 2 is 1.48 bits per heavy atom. The number of hydrogen-bond donors (Lipinski definition) is 0. The molecule has 1 aromatic heterocycles. The summed E-state index contributed by atoms with van der Waals surface area (Å²) in [5.41, 5.74) is 4.13. The molecule has 0 spiro atoms. The Hall–Kier alpha value is -2.16. The molecule has 0 amide bonds. The van der Waals surface area contributed by atoms with Crippen molar-refractivity contribution in [2.24, 2.45) is 0 Å². The van der Waals surface area contributed by atoms with Crippen molar-refractivity contribution in [2.75, 3.05) is 13.2 Å². The van der Waals surface area contributed by atoms with Crippen molar-refractivity contribution in [3.8, 4) is 33.9 Å². The molecule has 0 atom stereocenters. The molecule has 0 aliphatic rings. The summed E-state index contributed by atoms with van der Waals surface area (Å²) < 4.78 is 12.2. The molecular weight excluding hydrogens is 563 g/mol. The normalized spacial score (nSPS) is 10.4. The van der Waals surface area contributed by atoms with Crippen LogP contribution in [0.25, 0.3) is 22.4 Å². The summed E-state index contributed by atoms with van der Waals surface area (Å²) in [5, 5.41) is 0.